The zero-order valence-electron chi connectivity index (χ0n) is 12.1. The molecule has 5 nitrogen and oxygen atoms in total. The average Bonchev–Trinajstić information content (AvgIpc) is 2.97. The summed E-state index contributed by atoms with van der Waals surface area (Å²) in [5.41, 5.74) is 8.48. The van der Waals surface area contributed by atoms with Gasteiger partial charge < -0.3 is 5.73 Å². The monoisotopic (exact) mass is 279 g/mol. The smallest absolute Gasteiger partial charge is 0.145 e. The molecule has 0 amide bonds. The second kappa shape index (κ2) is 5.36. The average molecular weight is 279 g/mol. The summed E-state index contributed by atoms with van der Waals surface area (Å²) in [6.45, 7) is 4.22. The molecule has 2 heterocycles. The van der Waals surface area contributed by atoms with E-state index >= 15 is 0 Å². The van der Waals surface area contributed by atoms with Crippen LogP contribution in [0.15, 0.2) is 49.1 Å². The van der Waals surface area contributed by atoms with Crippen molar-refractivity contribution in [3.63, 3.8) is 0 Å². The van der Waals surface area contributed by atoms with Crippen LogP contribution in [0, 0.1) is 0 Å². The van der Waals surface area contributed by atoms with Gasteiger partial charge in [-0.15, -0.1) is 0 Å². The molecule has 0 atom stereocenters. The van der Waals surface area contributed by atoms with Crippen molar-refractivity contribution in [1.29, 1.82) is 0 Å². The molecule has 0 aliphatic carbocycles. The third-order valence-corrected chi connectivity index (χ3v) is 3.32. The third-order valence-electron chi connectivity index (χ3n) is 3.32. The van der Waals surface area contributed by atoms with Gasteiger partial charge in [0, 0.05) is 35.4 Å². The van der Waals surface area contributed by atoms with Gasteiger partial charge >= 0.3 is 0 Å². The van der Waals surface area contributed by atoms with Crippen LogP contribution in [0.25, 0.3) is 17.2 Å². The maximum atomic E-state index is 5.73. The number of anilines is 1. The van der Waals surface area contributed by atoms with Gasteiger partial charge in [-0.3, -0.25) is 4.57 Å². The SMILES string of the molecule is CC(C)c1cc(-n2ccnc2-c2ccc(N)cc2)ncn1. The van der Waals surface area contributed by atoms with Gasteiger partial charge in [0.05, 0.1) is 0 Å². The lowest BCUT2D eigenvalue weighted by Crippen LogP contribution is -2.02. The van der Waals surface area contributed by atoms with Crippen LogP contribution in [0.3, 0.4) is 0 Å². The van der Waals surface area contributed by atoms with E-state index in [4.69, 9.17) is 5.73 Å². The predicted molar refractivity (Wildman–Crippen MR) is 83.1 cm³/mol. The summed E-state index contributed by atoms with van der Waals surface area (Å²) in [6.07, 6.45) is 5.26. The van der Waals surface area contributed by atoms with Crippen molar-refractivity contribution in [2.45, 2.75) is 19.8 Å². The standard InChI is InChI=1S/C16H17N5/c1-11(2)14-9-15(20-10-19-14)21-8-7-18-16(21)12-3-5-13(17)6-4-12/h3-11H,17H2,1-2H3. The molecule has 2 aromatic heterocycles. The minimum Gasteiger partial charge on any atom is -0.399 e. The molecule has 3 rings (SSSR count). The highest BCUT2D eigenvalue weighted by Gasteiger charge is 2.10. The van der Waals surface area contributed by atoms with E-state index in [2.05, 4.69) is 28.8 Å². The molecular formula is C16H17N5. The van der Waals surface area contributed by atoms with Gasteiger partial charge in [0.25, 0.3) is 0 Å². The molecule has 0 bridgehead atoms. The number of rotatable bonds is 3. The first-order valence-corrected chi connectivity index (χ1v) is 6.86. The van der Waals surface area contributed by atoms with Gasteiger partial charge in [0.2, 0.25) is 0 Å². The fraction of sp³-hybridized carbons (Fsp3) is 0.188. The second-order valence-electron chi connectivity index (χ2n) is 5.20. The number of hydrogen-bond donors (Lipinski definition) is 1. The van der Waals surface area contributed by atoms with E-state index in [1.165, 1.54) is 0 Å². The van der Waals surface area contributed by atoms with Crippen molar-refractivity contribution in [2.24, 2.45) is 0 Å². The van der Waals surface area contributed by atoms with Gasteiger partial charge in [-0.2, -0.15) is 0 Å². The number of hydrogen-bond acceptors (Lipinski definition) is 4. The lowest BCUT2D eigenvalue weighted by molar-refractivity contribution is 0.805. The maximum absolute atomic E-state index is 5.73. The Morgan fingerprint density at radius 3 is 2.52 bits per heavy atom. The van der Waals surface area contributed by atoms with Crippen LogP contribution >= 0.6 is 0 Å². The summed E-state index contributed by atoms with van der Waals surface area (Å²) in [6, 6.07) is 9.65. The Morgan fingerprint density at radius 2 is 1.81 bits per heavy atom. The van der Waals surface area contributed by atoms with Crippen LogP contribution in [0.2, 0.25) is 0 Å². The van der Waals surface area contributed by atoms with Crippen LogP contribution in [-0.2, 0) is 0 Å². The fourth-order valence-electron chi connectivity index (χ4n) is 2.14. The Morgan fingerprint density at radius 1 is 1.05 bits per heavy atom. The zero-order chi connectivity index (χ0) is 14.8. The van der Waals surface area contributed by atoms with Gasteiger partial charge in [-0.25, -0.2) is 15.0 Å². The molecule has 0 aliphatic rings. The van der Waals surface area contributed by atoms with E-state index in [-0.39, 0.29) is 0 Å². The summed E-state index contributed by atoms with van der Waals surface area (Å²) < 4.78 is 1.96. The molecule has 0 saturated heterocycles. The Bertz CT molecular complexity index is 743. The minimum absolute atomic E-state index is 0.357. The molecule has 0 fully saturated rings. The van der Waals surface area contributed by atoms with Crippen LogP contribution < -0.4 is 5.73 Å². The van der Waals surface area contributed by atoms with Gasteiger partial charge in [0.1, 0.15) is 18.0 Å². The van der Waals surface area contributed by atoms with E-state index in [0.717, 1.165) is 28.6 Å². The highest BCUT2D eigenvalue weighted by Crippen LogP contribution is 2.22. The predicted octanol–water partition coefficient (Wildman–Crippen LogP) is 3.03. The Balaban J connectivity index is 2.06. The van der Waals surface area contributed by atoms with Crippen molar-refractivity contribution < 1.29 is 0 Å². The number of nitrogens with two attached hydrogens (primary N) is 1. The Labute approximate surface area is 123 Å². The van der Waals surface area contributed by atoms with Crippen LogP contribution in [0.4, 0.5) is 5.69 Å². The van der Waals surface area contributed by atoms with E-state index in [1.807, 2.05) is 41.1 Å². The largest absolute Gasteiger partial charge is 0.399 e. The molecule has 3 aromatic rings. The third kappa shape index (κ3) is 2.63. The first-order valence-electron chi connectivity index (χ1n) is 6.86. The molecule has 0 unspecified atom stereocenters. The zero-order valence-corrected chi connectivity index (χ0v) is 12.1. The second-order valence-corrected chi connectivity index (χ2v) is 5.20. The Kier molecular flexibility index (Phi) is 3.39. The van der Waals surface area contributed by atoms with Crippen molar-refractivity contribution in [3.8, 4) is 17.2 Å². The summed E-state index contributed by atoms with van der Waals surface area (Å²) in [5.74, 6) is 2.01. The number of benzene rings is 1. The maximum Gasteiger partial charge on any atom is 0.145 e. The quantitative estimate of drug-likeness (QED) is 0.748. The van der Waals surface area contributed by atoms with Crippen LogP contribution in [0.5, 0.6) is 0 Å². The van der Waals surface area contributed by atoms with Crippen molar-refractivity contribution >= 4 is 5.69 Å². The number of nitrogen functional groups attached to an aromatic ring is 1. The van der Waals surface area contributed by atoms with Crippen molar-refractivity contribution in [1.82, 2.24) is 19.5 Å². The molecule has 0 spiro atoms. The summed E-state index contributed by atoms with van der Waals surface area (Å²) >= 11 is 0. The summed E-state index contributed by atoms with van der Waals surface area (Å²) in [4.78, 5) is 13.1. The molecular weight excluding hydrogens is 262 g/mol. The molecule has 106 valence electrons. The number of imidazole rings is 1. The minimum atomic E-state index is 0.357. The van der Waals surface area contributed by atoms with Gasteiger partial charge in [-0.05, 0) is 30.2 Å². The van der Waals surface area contributed by atoms with Crippen molar-refractivity contribution in [2.75, 3.05) is 5.73 Å². The molecule has 0 radical (unpaired) electrons. The molecule has 1 aromatic carbocycles. The summed E-state index contributed by atoms with van der Waals surface area (Å²) in [5, 5.41) is 0. The Hall–Kier alpha value is -2.69. The topological polar surface area (TPSA) is 69.6 Å². The van der Waals surface area contributed by atoms with Crippen molar-refractivity contribution in [3.05, 3.63) is 54.7 Å². The fourth-order valence-corrected chi connectivity index (χ4v) is 2.14. The first-order chi connectivity index (χ1) is 10.1. The molecule has 21 heavy (non-hydrogen) atoms. The number of nitrogens with zero attached hydrogens (tertiary/aromatic N) is 4. The normalized spacial score (nSPS) is 11.0. The van der Waals surface area contributed by atoms with E-state index < -0.39 is 0 Å². The highest BCUT2D eigenvalue weighted by molar-refractivity contribution is 5.60. The van der Waals surface area contributed by atoms with Gasteiger partial charge in [-0.1, -0.05) is 13.8 Å². The van der Waals surface area contributed by atoms with E-state index in [1.54, 1.807) is 12.5 Å². The lowest BCUT2D eigenvalue weighted by Gasteiger charge is -2.10. The summed E-state index contributed by atoms with van der Waals surface area (Å²) in [7, 11) is 0. The van der Waals surface area contributed by atoms with Crippen LogP contribution in [-0.4, -0.2) is 19.5 Å². The van der Waals surface area contributed by atoms with E-state index in [0.29, 0.717) is 5.92 Å². The highest BCUT2D eigenvalue weighted by atomic mass is 15.1. The lowest BCUT2D eigenvalue weighted by atomic mass is 10.1. The molecule has 2 N–H and O–H groups in total. The van der Waals surface area contributed by atoms with Crippen LogP contribution in [0.1, 0.15) is 25.5 Å². The molecule has 0 aliphatic heterocycles. The van der Waals surface area contributed by atoms with E-state index in [9.17, 15) is 0 Å². The molecule has 0 saturated carbocycles. The number of aromatic nitrogens is 4. The van der Waals surface area contributed by atoms with Gasteiger partial charge in [0.15, 0.2) is 0 Å². The molecule has 5 heteroatoms. The first kappa shape index (κ1) is 13.3.